The SMILES string of the molecule is CCc1nc(-c2ccc(Cl)c(Br)c2)nc(CC)c1CCN. The van der Waals surface area contributed by atoms with E-state index in [1.807, 2.05) is 18.2 Å². The predicted octanol–water partition coefficient (Wildman–Crippen LogP) is 4.19. The van der Waals surface area contributed by atoms with Crippen LogP contribution in [0.5, 0.6) is 0 Å². The Balaban J connectivity index is 2.56. The Morgan fingerprint density at radius 2 is 1.76 bits per heavy atom. The summed E-state index contributed by atoms with van der Waals surface area (Å²) in [6, 6.07) is 5.76. The molecule has 0 fully saturated rings. The summed E-state index contributed by atoms with van der Waals surface area (Å²) in [7, 11) is 0. The Morgan fingerprint density at radius 1 is 1.14 bits per heavy atom. The van der Waals surface area contributed by atoms with E-state index in [0.717, 1.165) is 46.5 Å². The van der Waals surface area contributed by atoms with Crippen LogP contribution in [-0.4, -0.2) is 16.5 Å². The van der Waals surface area contributed by atoms with Crippen molar-refractivity contribution in [3.8, 4) is 11.4 Å². The number of nitrogens with two attached hydrogens (primary N) is 1. The van der Waals surface area contributed by atoms with E-state index in [4.69, 9.17) is 27.3 Å². The maximum atomic E-state index is 6.05. The Morgan fingerprint density at radius 3 is 2.24 bits per heavy atom. The second kappa shape index (κ2) is 7.34. The van der Waals surface area contributed by atoms with E-state index in [0.29, 0.717) is 11.6 Å². The molecule has 5 heteroatoms. The van der Waals surface area contributed by atoms with Crippen molar-refractivity contribution < 1.29 is 0 Å². The molecule has 0 aliphatic rings. The number of hydrogen-bond donors (Lipinski definition) is 1. The summed E-state index contributed by atoms with van der Waals surface area (Å²) in [6.45, 7) is 4.85. The molecule has 21 heavy (non-hydrogen) atoms. The molecule has 112 valence electrons. The van der Waals surface area contributed by atoms with Crippen molar-refractivity contribution in [2.75, 3.05) is 6.54 Å². The summed E-state index contributed by atoms with van der Waals surface area (Å²) in [5, 5.41) is 0.685. The maximum absolute atomic E-state index is 6.05. The van der Waals surface area contributed by atoms with Gasteiger partial charge in [0.15, 0.2) is 5.82 Å². The fourth-order valence-electron chi connectivity index (χ4n) is 2.36. The molecule has 0 saturated heterocycles. The lowest BCUT2D eigenvalue weighted by atomic mass is 10.0. The predicted molar refractivity (Wildman–Crippen MR) is 91.7 cm³/mol. The lowest BCUT2D eigenvalue weighted by Crippen LogP contribution is -2.12. The van der Waals surface area contributed by atoms with Gasteiger partial charge in [-0.2, -0.15) is 0 Å². The number of aryl methyl sites for hydroxylation is 2. The fraction of sp³-hybridized carbons (Fsp3) is 0.375. The van der Waals surface area contributed by atoms with Crippen LogP contribution in [0.3, 0.4) is 0 Å². The summed E-state index contributed by atoms with van der Waals surface area (Å²) in [4.78, 5) is 9.46. The topological polar surface area (TPSA) is 51.8 Å². The molecular weight excluding hydrogens is 350 g/mol. The Hall–Kier alpha value is -0.970. The Kier molecular flexibility index (Phi) is 5.73. The van der Waals surface area contributed by atoms with Gasteiger partial charge in [0.25, 0.3) is 0 Å². The standard InChI is InChI=1S/C16H19BrClN3/c1-3-14-11(7-8-19)15(4-2)21-16(20-14)10-5-6-13(18)12(17)9-10/h5-6,9H,3-4,7-8,19H2,1-2H3. The molecule has 2 N–H and O–H groups in total. The molecule has 1 heterocycles. The van der Waals surface area contributed by atoms with Crippen molar-refractivity contribution in [2.45, 2.75) is 33.1 Å². The van der Waals surface area contributed by atoms with Crippen LogP contribution >= 0.6 is 27.5 Å². The normalized spacial score (nSPS) is 10.9. The second-order valence-corrected chi connectivity index (χ2v) is 6.06. The highest BCUT2D eigenvalue weighted by Gasteiger charge is 2.13. The van der Waals surface area contributed by atoms with Crippen molar-refractivity contribution in [3.05, 3.63) is 44.6 Å². The summed E-state index contributed by atoms with van der Waals surface area (Å²) in [5.41, 5.74) is 10.1. The molecule has 2 rings (SSSR count). The molecule has 2 aromatic rings. The summed E-state index contributed by atoms with van der Waals surface area (Å²) >= 11 is 9.50. The van der Waals surface area contributed by atoms with Crippen LogP contribution in [0.2, 0.25) is 5.02 Å². The van der Waals surface area contributed by atoms with Crippen LogP contribution in [0.1, 0.15) is 30.8 Å². The third kappa shape index (κ3) is 3.62. The molecule has 0 unspecified atom stereocenters. The quantitative estimate of drug-likeness (QED) is 0.861. The van der Waals surface area contributed by atoms with Gasteiger partial charge in [0.2, 0.25) is 0 Å². The van der Waals surface area contributed by atoms with Crippen molar-refractivity contribution in [1.29, 1.82) is 0 Å². The average molecular weight is 369 g/mol. The lowest BCUT2D eigenvalue weighted by Gasteiger charge is -2.13. The van der Waals surface area contributed by atoms with Gasteiger partial charge in [0.05, 0.1) is 5.02 Å². The van der Waals surface area contributed by atoms with Gasteiger partial charge in [0.1, 0.15) is 0 Å². The van der Waals surface area contributed by atoms with Gasteiger partial charge in [0, 0.05) is 21.4 Å². The Bertz CT molecular complexity index is 618. The fourth-order valence-corrected chi connectivity index (χ4v) is 2.86. The van der Waals surface area contributed by atoms with E-state index >= 15 is 0 Å². The number of nitrogens with zero attached hydrogens (tertiary/aromatic N) is 2. The maximum Gasteiger partial charge on any atom is 0.159 e. The Labute approximate surface area is 139 Å². The average Bonchev–Trinajstić information content (AvgIpc) is 2.50. The van der Waals surface area contributed by atoms with Crippen LogP contribution in [0.15, 0.2) is 22.7 Å². The molecule has 0 aliphatic heterocycles. The second-order valence-electron chi connectivity index (χ2n) is 4.79. The van der Waals surface area contributed by atoms with E-state index in [1.54, 1.807) is 0 Å². The third-order valence-electron chi connectivity index (χ3n) is 3.42. The van der Waals surface area contributed by atoms with Crippen LogP contribution in [0, 0.1) is 0 Å². The third-order valence-corrected chi connectivity index (χ3v) is 4.63. The summed E-state index contributed by atoms with van der Waals surface area (Å²) < 4.78 is 0.854. The van der Waals surface area contributed by atoms with E-state index in [-0.39, 0.29) is 0 Å². The highest BCUT2D eigenvalue weighted by Crippen LogP contribution is 2.28. The van der Waals surface area contributed by atoms with Gasteiger partial charge >= 0.3 is 0 Å². The number of benzene rings is 1. The van der Waals surface area contributed by atoms with Gasteiger partial charge in [-0.05, 0) is 65.5 Å². The zero-order valence-corrected chi connectivity index (χ0v) is 14.6. The minimum absolute atomic E-state index is 0.620. The van der Waals surface area contributed by atoms with E-state index in [1.165, 1.54) is 5.56 Å². The van der Waals surface area contributed by atoms with Gasteiger partial charge < -0.3 is 5.73 Å². The number of aromatic nitrogens is 2. The lowest BCUT2D eigenvalue weighted by molar-refractivity contribution is 0.844. The van der Waals surface area contributed by atoms with Crippen molar-refractivity contribution in [3.63, 3.8) is 0 Å². The molecule has 0 saturated carbocycles. The molecular formula is C16H19BrClN3. The van der Waals surface area contributed by atoms with Crippen molar-refractivity contribution in [1.82, 2.24) is 9.97 Å². The zero-order valence-electron chi connectivity index (χ0n) is 12.3. The minimum Gasteiger partial charge on any atom is -0.330 e. The monoisotopic (exact) mass is 367 g/mol. The summed E-state index contributed by atoms with van der Waals surface area (Å²) in [5.74, 6) is 0.752. The van der Waals surface area contributed by atoms with E-state index in [2.05, 4.69) is 29.8 Å². The van der Waals surface area contributed by atoms with Gasteiger partial charge in [-0.3, -0.25) is 0 Å². The first-order valence-electron chi connectivity index (χ1n) is 7.14. The molecule has 0 atom stereocenters. The van der Waals surface area contributed by atoms with Crippen LogP contribution < -0.4 is 5.73 Å². The van der Waals surface area contributed by atoms with Gasteiger partial charge in [-0.1, -0.05) is 25.4 Å². The molecule has 1 aromatic carbocycles. The molecule has 0 radical (unpaired) electrons. The van der Waals surface area contributed by atoms with Crippen molar-refractivity contribution in [2.24, 2.45) is 5.73 Å². The number of hydrogen-bond acceptors (Lipinski definition) is 3. The number of halogens is 2. The van der Waals surface area contributed by atoms with Crippen LogP contribution in [0.25, 0.3) is 11.4 Å². The molecule has 0 spiro atoms. The number of rotatable bonds is 5. The first kappa shape index (κ1) is 16.4. The molecule has 1 aromatic heterocycles. The largest absolute Gasteiger partial charge is 0.330 e. The van der Waals surface area contributed by atoms with E-state index < -0.39 is 0 Å². The smallest absolute Gasteiger partial charge is 0.159 e. The first-order valence-corrected chi connectivity index (χ1v) is 8.31. The zero-order chi connectivity index (χ0) is 15.4. The van der Waals surface area contributed by atoms with Gasteiger partial charge in [-0.15, -0.1) is 0 Å². The first-order chi connectivity index (χ1) is 10.1. The molecule has 3 nitrogen and oxygen atoms in total. The molecule has 0 aliphatic carbocycles. The minimum atomic E-state index is 0.620. The van der Waals surface area contributed by atoms with Crippen molar-refractivity contribution >= 4 is 27.5 Å². The summed E-state index contributed by atoms with van der Waals surface area (Å²) in [6.07, 6.45) is 2.59. The molecule has 0 amide bonds. The van der Waals surface area contributed by atoms with Crippen LogP contribution in [-0.2, 0) is 19.3 Å². The van der Waals surface area contributed by atoms with Crippen LogP contribution in [0.4, 0.5) is 0 Å². The van der Waals surface area contributed by atoms with E-state index in [9.17, 15) is 0 Å². The van der Waals surface area contributed by atoms with Gasteiger partial charge in [-0.25, -0.2) is 9.97 Å². The molecule has 0 bridgehead atoms. The highest BCUT2D eigenvalue weighted by molar-refractivity contribution is 9.10. The highest BCUT2D eigenvalue weighted by atomic mass is 79.9.